The van der Waals surface area contributed by atoms with Crippen molar-refractivity contribution in [2.45, 2.75) is 20.8 Å². The molecule has 1 amide bonds. The van der Waals surface area contributed by atoms with Gasteiger partial charge in [-0.05, 0) is 32.9 Å². The van der Waals surface area contributed by atoms with Gasteiger partial charge in [-0.1, -0.05) is 0 Å². The Labute approximate surface area is 118 Å². The number of aromatic nitrogens is 1. The Kier molecular flexibility index (Phi) is 4.08. The molecule has 0 unspecified atom stereocenters. The largest absolute Gasteiger partial charge is 0.458 e. The van der Waals surface area contributed by atoms with Gasteiger partial charge in [-0.25, -0.2) is 0 Å². The molecule has 0 aliphatic carbocycles. The number of hydrogen-bond acceptors (Lipinski definition) is 4. The average molecular weight is 273 g/mol. The van der Waals surface area contributed by atoms with Crippen LogP contribution in [0.1, 0.15) is 30.0 Å². The third-order valence-electron chi connectivity index (χ3n) is 3.41. The van der Waals surface area contributed by atoms with Gasteiger partial charge in [-0.15, -0.1) is 0 Å². The van der Waals surface area contributed by atoms with Crippen LogP contribution in [-0.4, -0.2) is 24.0 Å². The van der Waals surface area contributed by atoms with Crippen molar-refractivity contribution >= 4 is 11.6 Å². The Hall–Kier alpha value is -2.30. The molecule has 2 aromatic heterocycles. The summed E-state index contributed by atoms with van der Waals surface area (Å²) in [7, 11) is 0. The molecule has 2 N–H and O–H groups in total. The van der Waals surface area contributed by atoms with Crippen LogP contribution in [0.2, 0.25) is 0 Å². The minimum atomic E-state index is -0.561. The molecule has 0 fully saturated rings. The number of carbonyl (C=O) groups is 1. The molecule has 5 nitrogen and oxygen atoms in total. The second-order valence-corrected chi connectivity index (χ2v) is 4.51. The van der Waals surface area contributed by atoms with Gasteiger partial charge in [-0.2, -0.15) is 0 Å². The highest BCUT2D eigenvalue weighted by Crippen LogP contribution is 2.33. The van der Waals surface area contributed by atoms with E-state index >= 15 is 0 Å². The Morgan fingerprint density at radius 1 is 1.40 bits per heavy atom. The summed E-state index contributed by atoms with van der Waals surface area (Å²) in [6.45, 7) is 7.78. The van der Waals surface area contributed by atoms with Gasteiger partial charge in [0.2, 0.25) is 0 Å². The van der Waals surface area contributed by atoms with E-state index in [0.29, 0.717) is 0 Å². The van der Waals surface area contributed by atoms with Crippen molar-refractivity contribution < 1.29 is 9.21 Å². The summed E-state index contributed by atoms with van der Waals surface area (Å²) in [5.41, 5.74) is 8.66. The van der Waals surface area contributed by atoms with Crippen molar-refractivity contribution in [3.63, 3.8) is 0 Å². The van der Waals surface area contributed by atoms with Crippen molar-refractivity contribution in [1.82, 2.24) is 4.98 Å². The van der Waals surface area contributed by atoms with Crippen molar-refractivity contribution in [3.05, 3.63) is 35.9 Å². The Morgan fingerprint density at radius 2 is 2.10 bits per heavy atom. The summed E-state index contributed by atoms with van der Waals surface area (Å²) in [6.07, 6.45) is 3.28. The van der Waals surface area contributed by atoms with E-state index in [0.717, 1.165) is 35.6 Å². The molecule has 0 saturated heterocycles. The zero-order valence-electron chi connectivity index (χ0n) is 12.0. The van der Waals surface area contributed by atoms with E-state index in [1.165, 1.54) is 0 Å². The number of primary amides is 1. The van der Waals surface area contributed by atoms with Crippen molar-refractivity contribution in [1.29, 1.82) is 0 Å². The van der Waals surface area contributed by atoms with E-state index in [9.17, 15) is 4.79 Å². The Balaban J connectivity index is 2.56. The Bertz CT molecular complexity index is 615. The fourth-order valence-corrected chi connectivity index (χ4v) is 2.32. The number of rotatable bonds is 5. The first-order valence-corrected chi connectivity index (χ1v) is 6.68. The lowest BCUT2D eigenvalue weighted by Gasteiger charge is -2.23. The number of nitrogens with zero attached hydrogens (tertiary/aromatic N) is 2. The van der Waals surface area contributed by atoms with Gasteiger partial charge in [-0.3, -0.25) is 9.78 Å². The molecule has 0 aliphatic heterocycles. The predicted octanol–water partition coefficient (Wildman–Crippen LogP) is 2.60. The molecule has 0 saturated carbocycles. The molecular formula is C15H19N3O2. The second-order valence-electron chi connectivity index (χ2n) is 4.51. The highest BCUT2D eigenvalue weighted by atomic mass is 16.3. The molecule has 0 aromatic carbocycles. The monoisotopic (exact) mass is 273 g/mol. The van der Waals surface area contributed by atoms with Crippen LogP contribution >= 0.6 is 0 Å². The molecule has 2 rings (SSSR count). The summed E-state index contributed by atoms with van der Waals surface area (Å²) < 4.78 is 5.28. The van der Waals surface area contributed by atoms with Gasteiger partial charge >= 0.3 is 0 Å². The van der Waals surface area contributed by atoms with Crippen LogP contribution < -0.4 is 10.6 Å². The van der Waals surface area contributed by atoms with E-state index in [4.69, 9.17) is 10.2 Å². The average Bonchev–Trinajstić information content (AvgIpc) is 2.83. The summed E-state index contributed by atoms with van der Waals surface area (Å²) in [6, 6.07) is 3.92. The van der Waals surface area contributed by atoms with Crippen molar-refractivity contribution in [2.75, 3.05) is 18.0 Å². The first kappa shape index (κ1) is 14.1. The SMILES string of the molecule is CCN(CC)c1cccnc1-c1coc(C(N)=O)c1C. The van der Waals surface area contributed by atoms with Crippen LogP contribution in [0.25, 0.3) is 11.3 Å². The van der Waals surface area contributed by atoms with Crippen LogP contribution in [0, 0.1) is 6.92 Å². The highest BCUT2D eigenvalue weighted by Gasteiger charge is 2.19. The first-order valence-electron chi connectivity index (χ1n) is 6.68. The summed E-state index contributed by atoms with van der Waals surface area (Å²) in [5, 5.41) is 0. The molecule has 106 valence electrons. The molecule has 0 aliphatic rings. The van der Waals surface area contributed by atoms with Crippen LogP contribution in [-0.2, 0) is 0 Å². The molecule has 5 heteroatoms. The van der Waals surface area contributed by atoms with E-state index in [2.05, 4.69) is 23.7 Å². The van der Waals surface area contributed by atoms with Gasteiger partial charge in [0.15, 0.2) is 5.76 Å². The van der Waals surface area contributed by atoms with Gasteiger partial charge in [0, 0.05) is 30.4 Å². The van der Waals surface area contributed by atoms with Crippen LogP contribution in [0.3, 0.4) is 0 Å². The zero-order valence-corrected chi connectivity index (χ0v) is 12.0. The molecule has 0 radical (unpaired) electrons. The topological polar surface area (TPSA) is 72.4 Å². The Morgan fingerprint density at radius 3 is 2.65 bits per heavy atom. The molecule has 20 heavy (non-hydrogen) atoms. The maximum Gasteiger partial charge on any atom is 0.284 e. The third kappa shape index (κ3) is 2.39. The molecule has 0 atom stereocenters. The van der Waals surface area contributed by atoms with Gasteiger partial charge in [0.25, 0.3) is 5.91 Å². The summed E-state index contributed by atoms with van der Waals surface area (Å²) in [5.74, 6) is -0.370. The molecule has 0 spiro atoms. The number of hydrogen-bond donors (Lipinski definition) is 1. The molecule has 0 bridgehead atoms. The number of anilines is 1. The van der Waals surface area contributed by atoms with E-state index < -0.39 is 5.91 Å². The van der Waals surface area contributed by atoms with Gasteiger partial charge in [0.1, 0.15) is 6.26 Å². The maximum atomic E-state index is 11.3. The lowest BCUT2D eigenvalue weighted by Crippen LogP contribution is -2.22. The third-order valence-corrected chi connectivity index (χ3v) is 3.41. The van der Waals surface area contributed by atoms with E-state index in [1.807, 2.05) is 19.1 Å². The number of carbonyl (C=O) groups excluding carboxylic acids is 1. The van der Waals surface area contributed by atoms with Gasteiger partial charge < -0.3 is 15.1 Å². The lowest BCUT2D eigenvalue weighted by molar-refractivity contribution is 0.0973. The minimum Gasteiger partial charge on any atom is -0.458 e. The second kappa shape index (κ2) is 5.77. The van der Waals surface area contributed by atoms with Crippen LogP contribution in [0.5, 0.6) is 0 Å². The van der Waals surface area contributed by atoms with Crippen LogP contribution in [0.15, 0.2) is 29.0 Å². The number of amides is 1. The fourth-order valence-electron chi connectivity index (χ4n) is 2.32. The van der Waals surface area contributed by atoms with E-state index in [-0.39, 0.29) is 5.76 Å². The maximum absolute atomic E-state index is 11.3. The smallest absolute Gasteiger partial charge is 0.284 e. The quantitative estimate of drug-likeness (QED) is 0.908. The number of pyridine rings is 1. The minimum absolute atomic E-state index is 0.191. The molecular weight excluding hydrogens is 254 g/mol. The zero-order chi connectivity index (χ0) is 14.7. The van der Waals surface area contributed by atoms with Crippen LogP contribution in [0.4, 0.5) is 5.69 Å². The summed E-state index contributed by atoms with van der Waals surface area (Å²) >= 11 is 0. The first-order chi connectivity index (χ1) is 9.60. The summed E-state index contributed by atoms with van der Waals surface area (Å²) in [4.78, 5) is 17.9. The predicted molar refractivity (Wildman–Crippen MR) is 78.8 cm³/mol. The van der Waals surface area contributed by atoms with Gasteiger partial charge in [0.05, 0.1) is 11.4 Å². The van der Waals surface area contributed by atoms with Crippen molar-refractivity contribution in [2.24, 2.45) is 5.73 Å². The number of nitrogens with two attached hydrogens (primary N) is 1. The number of furan rings is 1. The fraction of sp³-hybridized carbons (Fsp3) is 0.333. The molecule has 2 aromatic rings. The highest BCUT2D eigenvalue weighted by molar-refractivity contribution is 5.94. The lowest BCUT2D eigenvalue weighted by atomic mass is 10.1. The molecule has 2 heterocycles. The standard InChI is InChI=1S/C15H19N3O2/c1-4-18(5-2)12-7-6-8-17-13(12)11-9-20-14(10(11)3)15(16)19/h6-9H,4-5H2,1-3H3,(H2,16,19). The van der Waals surface area contributed by atoms with E-state index in [1.54, 1.807) is 12.5 Å². The normalized spacial score (nSPS) is 10.6. The van der Waals surface area contributed by atoms with Crippen molar-refractivity contribution in [3.8, 4) is 11.3 Å².